The Hall–Kier alpha value is -0.870. The Bertz CT molecular complexity index is 527. The van der Waals surface area contributed by atoms with Crippen LogP contribution in [0.4, 0.5) is 0 Å². The maximum atomic E-state index is 11.8. The first-order valence-electron chi connectivity index (χ1n) is 7.75. The molecule has 0 spiro atoms. The molecule has 0 fully saturated rings. The van der Waals surface area contributed by atoms with Gasteiger partial charge in [-0.2, -0.15) is 0 Å². The molecule has 1 aromatic carbocycles. The summed E-state index contributed by atoms with van der Waals surface area (Å²) in [4.78, 5) is 0.419. The van der Waals surface area contributed by atoms with Crippen LogP contribution in [0.2, 0.25) is 0 Å². The fourth-order valence-corrected chi connectivity index (χ4v) is 3.12. The minimum atomic E-state index is -3.10. The zero-order chi connectivity index (χ0) is 16.1. The standard InChI is InChI=1S/C17H29NO2S/c1-6-12-18-16(17(3,4)5)13-14-8-10-15(11-9-14)21(19,20)7-2/h8-11,16,18H,6-7,12-13H2,1-5H3. The van der Waals surface area contributed by atoms with Crippen LogP contribution in [-0.2, 0) is 16.3 Å². The van der Waals surface area contributed by atoms with Gasteiger partial charge in [-0.25, -0.2) is 8.42 Å². The summed E-state index contributed by atoms with van der Waals surface area (Å²) in [5.74, 6) is 0.148. The van der Waals surface area contributed by atoms with Crippen molar-refractivity contribution in [3.05, 3.63) is 29.8 Å². The van der Waals surface area contributed by atoms with Gasteiger partial charge in [0.1, 0.15) is 0 Å². The monoisotopic (exact) mass is 311 g/mol. The number of nitrogens with one attached hydrogen (secondary N) is 1. The highest BCUT2D eigenvalue weighted by molar-refractivity contribution is 7.91. The molecule has 1 rings (SSSR count). The van der Waals surface area contributed by atoms with Gasteiger partial charge in [-0.15, -0.1) is 0 Å². The molecule has 0 aliphatic rings. The molecule has 1 unspecified atom stereocenters. The normalized spacial score (nSPS) is 14.1. The lowest BCUT2D eigenvalue weighted by atomic mass is 9.83. The number of sulfone groups is 1. The van der Waals surface area contributed by atoms with Gasteiger partial charge in [0.25, 0.3) is 0 Å². The predicted molar refractivity (Wildman–Crippen MR) is 89.4 cm³/mol. The van der Waals surface area contributed by atoms with Crippen LogP contribution >= 0.6 is 0 Å². The fourth-order valence-electron chi connectivity index (χ4n) is 2.24. The third kappa shape index (κ3) is 5.44. The van der Waals surface area contributed by atoms with E-state index < -0.39 is 9.84 Å². The van der Waals surface area contributed by atoms with E-state index in [4.69, 9.17) is 0 Å². The summed E-state index contributed by atoms with van der Waals surface area (Å²) in [6.07, 6.45) is 2.02. The molecule has 4 heteroatoms. The van der Waals surface area contributed by atoms with Gasteiger partial charge in [0.15, 0.2) is 9.84 Å². The fraction of sp³-hybridized carbons (Fsp3) is 0.647. The summed E-state index contributed by atoms with van der Waals surface area (Å²) in [7, 11) is -3.10. The molecular formula is C17H29NO2S. The predicted octanol–water partition coefficient (Wildman–Crippen LogP) is 3.44. The molecule has 0 aliphatic heterocycles. The average Bonchev–Trinajstić information content (AvgIpc) is 2.42. The smallest absolute Gasteiger partial charge is 0.178 e. The number of hydrogen-bond acceptors (Lipinski definition) is 3. The molecule has 0 heterocycles. The molecule has 3 nitrogen and oxygen atoms in total. The Labute approximate surface area is 130 Å². The highest BCUT2D eigenvalue weighted by Crippen LogP contribution is 2.23. The Balaban J connectivity index is 2.86. The van der Waals surface area contributed by atoms with Crippen molar-refractivity contribution in [3.8, 4) is 0 Å². The van der Waals surface area contributed by atoms with E-state index in [2.05, 4.69) is 33.0 Å². The number of rotatable bonds is 7. The summed E-state index contributed by atoms with van der Waals surface area (Å²) >= 11 is 0. The van der Waals surface area contributed by atoms with Crippen molar-refractivity contribution in [3.63, 3.8) is 0 Å². The van der Waals surface area contributed by atoms with Crippen LogP contribution in [0.5, 0.6) is 0 Å². The van der Waals surface area contributed by atoms with E-state index in [0.29, 0.717) is 10.9 Å². The van der Waals surface area contributed by atoms with Gasteiger partial charge >= 0.3 is 0 Å². The van der Waals surface area contributed by atoms with Gasteiger partial charge in [0, 0.05) is 6.04 Å². The lowest BCUT2D eigenvalue weighted by Crippen LogP contribution is -2.42. The topological polar surface area (TPSA) is 46.2 Å². The van der Waals surface area contributed by atoms with Gasteiger partial charge < -0.3 is 5.32 Å². The Morgan fingerprint density at radius 2 is 1.67 bits per heavy atom. The molecule has 0 aliphatic carbocycles. The van der Waals surface area contributed by atoms with Crippen molar-refractivity contribution in [1.82, 2.24) is 5.32 Å². The third-order valence-corrected chi connectivity index (χ3v) is 5.54. The summed E-state index contributed by atoms with van der Waals surface area (Å²) in [5.41, 5.74) is 1.34. The van der Waals surface area contributed by atoms with E-state index in [-0.39, 0.29) is 11.2 Å². The van der Waals surface area contributed by atoms with E-state index in [1.54, 1.807) is 19.1 Å². The van der Waals surface area contributed by atoms with E-state index in [1.807, 2.05) is 12.1 Å². The molecular weight excluding hydrogens is 282 g/mol. The van der Waals surface area contributed by atoms with E-state index in [9.17, 15) is 8.42 Å². The quantitative estimate of drug-likeness (QED) is 0.839. The van der Waals surface area contributed by atoms with Gasteiger partial charge in [-0.3, -0.25) is 0 Å². The second kappa shape index (κ2) is 7.41. The van der Waals surface area contributed by atoms with Crippen LogP contribution < -0.4 is 5.32 Å². The van der Waals surface area contributed by atoms with Crippen LogP contribution in [0.3, 0.4) is 0 Å². The highest BCUT2D eigenvalue weighted by Gasteiger charge is 2.24. The van der Waals surface area contributed by atoms with Crippen molar-refractivity contribution in [2.75, 3.05) is 12.3 Å². The van der Waals surface area contributed by atoms with Crippen LogP contribution in [0, 0.1) is 5.41 Å². The first kappa shape index (κ1) is 18.2. The van der Waals surface area contributed by atoms with Crippen LogP contribution in [-0.4, -0.2) is 26.8 Å². The van der Waals surface area contributed by atoms with Crippen LogP contribution in [0.25, 0.3) is 0 Å². The summed E-state index contributed by atoms with van der Waals surface area (Å²) in [6.45, 7) is 11.5. The van der Waals surface area contributed by atoms with Gasteiger partial charge in [-0.05, 0) is 42.5 Å². The highest BCUT2D eigenvalue weighted by atomic mass is 32.2. The van der Waals surface area contributed by atoms with Crippen molar-refractivity contribution in [2.24, 2.45) is 5.41 Å². The average molecular weight is 311 g/mol. The molecule has 0 saturated carbocycles. The van der Waals surface area contributed by atoms with Crippen molar-refractivity contribution >= 4 is 9.84 Å². The molecule has 0 bridgehead atoms. The van der Waals surface area contributed by atoms with Gasteiger partial charge in [0.2, 0.25) is 0 Å². The largest absolute Gasteiger partial charge is 0.313 e. The third-order valence-electron chi connectivity index (χ3n) is 3.79. The molecule has 0 amide bonds. The van der Waals surface area contributed by atoms with Crippen molar-refractivity contribution in [1.29, 1.82) is 0 Å². The molecule has 0 radical (unpaired) electrons. The Kier molecular flexibility index (Phi) is 6.41. The Morgan fingerprint density at radius 1 is 1.10 bits per heavy atom. The maximum absolute atomic E-state index is 11.8. The van der Waals surface area contributed by atoms with Crippen LogP contribution in [0.15, 0.2) is 29.2 Å². The first-order chi connectivity index (χ1) is 9.70. The molecule has 1 atom stereocenters. The maximum Gasteiger partial charge on any atom is 0.178 e. The van der Waals surface area contributed by atoms with Gasteiger partial charge in [-0.1, -0.05) is 46.8 Å². The summed E-state index contributed by atoms with van der Waals surface area (Å²) in [5, 5.41) is 3.60. The SMILES string of the molecule is CCCNC(Cc1ccc(S(=O)(=O)CC)cc1)C(C)(C)C. The van der Waals surface area contributed by atoms with Gasteiger partial charge in [0.05, 0.1) is 10.6 Å². The first-order valence-corrected chi connectivity index (χ1v) is 9.41. The molecule has 120 valence electrons. The van der Waals surface area contributed by atoms with E-state index in [0.717, 1.165) is 19.4 Å². The lowest BCUT2D eigenvalue weighted by Gasteiger charge is -2.32. The molecule has 1 aromatic rings. The molecule has 0 aromatic heterocycles. The molecule has 0 saturated heterocycles. The number of benzene rings is 1. The van der Waals surface area contributed by atoms with E-state index in [1.165, 1.54) is 5.56 Å². The zero-order valence-corrected chi connectivity index (χ0v) is 14.8. The van der Waals surface area contributed by atoms with E-state index >= 15 is 0 Å². The number of hydrogen-bond donors (Lipinski definition) is 1. The second-order valence-corrected chi connectivity index (χ2v) is 8.90. The second-order valence-electron chi connectivity index (χ2n) is 6.62. The lowest BCUT2D eigenvalue weighted by molar-refractivity contribution is 0.267. The van der Waals surface area contributed by atoms with Crippen LogP contribution in [0.1, 0.15) is 46.6 Å². The van der Waals surface area contributed by atoms with Crippen molar-refractivity contribution < 1.29 is 8.42 Å². The minimum absolute atomic E-state index is 0.148. The molecule has 1 N–H and O–H groups in total. The summed E-state index contributed by atoms with van der Waals surface area (Å²) < 4.78 is 23.6. The Morgan fingerprint density at radius 3 is 2.10 bits per heavy atom. The van der Waals surface area contributed by atoms with Crippen molar-refractivity contribution in [2.45, 2.75) is 58.4 Å². The summed E-state index contributed by atoms with van der Waals surface area (Å²) in [6, 6.07) is 7.72. The minimum Gasteiger partial charge on any atom is -0.313 e. The zero-order valence-electron chi connectivity index (χ0n) is 13.9. The molecule has 21 heavy (non-hydrogen) atoms.